The van der Waals surface area contributed by atoms with Gasteiger partial charge in [0, 0.05) is 36.6 Å². The zero-order valence-electron chi connectivity index (χ0n) is 26.5. The molecule has 3 atom stereocenters. The first-order valence-electron chi connectivity index (χ1n) is 14.7. The predicted octanol–water partition coefficient (Wildman–Crippen LogP) is 1.80. The molecule has 0 aliphatic carbocycles. The summed E-state index contributed by atoms with van der Waals surface area (Å²) in [6, 6.07) is 0.0622. The van der Waals surface area contributed by atoms with Crippen LogP contribution >= 0.6 is 15.9 Å². The minimum absolute atomic E-state index is 0.0362. The fraction of sp³-hybridized carbons (Fsp3) is 0.500. The Bertz CT molecular complexity index is 1330. The number of unbranched alkanes of at least 4 members (excludes halogenated alkanes) is 1. The molecule has 0 radical (unpaired) electrons. The number of nitrogens with one attached hydrogen (secondary N) is 4. The second-order valence-electron chi connectivity index (χ2n) is 10.6. The van der Waals surface area contributed by atoms with Gasteiger partial charge in [0.1, 0.15) is 17.9 Å². The van der Waals surface area contributed by atoms with Crippen molar-refractivity contribution in [2.75, 3.05) is 30.8 Å². The molecule has 0 aliphatic heterocycles. The molecule has 15 nitrogen and oxygen atoms in total. The lowest BCUT2D eigenvalue weighted by Gasteiger charge is -2.22. The van der Waals surface area contributed by atoms with Crippen molar-refractivity contribution < 1.29 is 47.8 Å². The Labute approximate surface area is 280 Å². The maximum Gasteiger partial charge on any atom is 0.334 e. The second kappa shape index (κ2) is 20.6. The lowest BCUT2D eigenvalue weighted by molar-refractivity contribution is -0.144. The number of nitrogens with zero attached hydrogens (tertiary/aromatic N) is 1. The van der Waals surface area contributed by atoms with Gasteiger partial charge in [-0.05, 0) is 64.2 Å². The normalized spacial score (nSPS) is 12.4. The van der Waals surface area contributed by atoms with Gasteiger partial charge in [-0.3, -0.25) is 19.2 Å². The van der Waals surface area contributed by atoms with Gasteiger partial charge in [-0.25, -0.2) is 18.8 Å². The highest BCUT2D eigenvalue weighted by Gasteiger charge is 2.26. The van der Waals surface area contributed by atoms with Crippen molar-refractivity contribution in [3.05, 3.63) is 41.7 Å². The molecule has 0 spiro atoms. The van der Waals surface area contributed by atoms with E-state index in [1.54, 1.807) is 6.92 Å². The zero-order chi connectivity index (χ0) is 35.7. The summed E-state index contributed by atoms with van der Waals surface area (Å²) in [4.78, 5) is 85.2. The molecular weight excluding hydrogens is 687 g/mol. The molecule has 1 rings (SSSR count). The van der Waals surface area contributed by atoms with Crippen LogP contribution < -0.4 is 27.0 Å². The van der Waals surface area contributed by atoms with Crippen molar-refractivity contribution in [3.63, 3.8) is 0 Å². The van der Waals surface area contributed by atoms with E-state index < -0.39 is 71.6 Å². The van der Waals surface area contributed by atoms with E-state index in [4.69, 9.17) is 15.6 Å². The van der Waals surface area contributed by atoms with Gasteiger partial charge in [-0.2, -0.15) is 0 Å². The smallest absolute Gasteiger partial charge is 0.334 e. The highest BCUT2D eigenvalue weighted by Crippen LogP contribution is 2.18. The molecule has 7 N–H and O–H groups in total. The lowest BCUT2D eigenvalue weighted by Crippen LogP contribution is -2.47. The predicted molar refractivity (Wildman–Crippen MR) is 173 cm³/mol. The number of ether oxygens (including phenoxy) is 1. The van der Waals surface area contributed by atoms with E-state index in [9.17, 15) is 38.0 Å². The van der Waals surface area contributed by atoms with Crippen LogP contribution in [0.15, 0.2) is 30.4 Å². The average molecular weight is 730 g/mol. The van der Waals surface area contributed by atoms with Gasteiger partial charge in [0.15, 0.2) is 0 Å². The summed E-state index contributed by atoms with van der Waals surface area (Å²) < 4.78 is 20.0. The molecule has 1 aromatic carbocycles. The number of hydrogen-bond donors (Lipinski definition) is 6. The van der Waals surface area contributed by atoms with E-state index in [0.29, 0.717) is 30.2 Å². The maximum atomic E-state index is 14.8. The number of urea groups is 1. The number of aliphatic carboxylic acids is 1. The molecule has 2 unspecified atom stereocenters. The van der Waals surface area contributed by atoms with E-state index in [-0.39, 0.29) is 37.6 Å². The van der Waals surface area contributed by atoms with Gasteiger partial charge in [-0.15, -0.1) is 0 Å². The number of carbonyl (C=O) groups is 7. The van der Waals surface area contributed by atoms with Gasteiger partial charge in [-0.1, -0.05) is 22.5 Å². The van der Waals surface area contributed by atoms with E-state index in [1.165, 1.54) is 20.0 Å². The Morgan fingerprint density at radius 3 is 2.32 bits per heavy atom. The quantitative estimate of drug-likeness (QED) is 0.0497. The number of benzene rings is 1. The molecular formula is C30H42BrFN6O9. The number of amides is 6. The highest BCUT2D eigenvalue weighted by atomic mass is 79.9. The Kier molecular flexibility index (Phi) is 17.7. The van der Waals surface area contributed by atoms with Crippen LogP contribution in [-0.2, 0) is 28.7 Å². The largest absolute Gasteiger partial charge is 0.480 e. The third kappa shape index (κ3) is 15.1. The van der Waals surface area contributed by atoms with Crippen LogP contribution in [0.3, 0.4) is 0 Å². The Balaban J connectivity index is 2.73. The van der Waals surface area contributed by atoms with Gasteiger partial charge >= 0.3 is 18.0 Å². The Morgan fingerprint density at radius 2 is 1.72 bits per heavy atom. The van der Waals surface area contributed by atoms with Crippen molar-refractivity contribution in [2.45, 2.75) is 70.6 Å². The fourth-order valence-corrected chi connectivity index (χ4v) is 4.15. The van der Waals surface area contributed by atoms with Crippen LogP contribution in [-0.4, -0.2) is 95.3 Å². The van der Waals surface area contributed by atoms with E-state index >= 15 is 0 Å². The van der Waals surface area contributed by atoms with Crippen LogP contribution in [0.4, 0.5) is 14.9 Å². The van der Waals surface area contributed by atoms with Crippen molar-refractivity contribution in [3.8, 4) is 0 Å². The van der Waals surface area contributed by atoms with E-state index in [0.717, 1.165) is 17.0 Å². The van der Waals surface area contributed by atoms with Gasteiger partial charge in [0.2, 0.25) is 17.7 Å². The minimum Gasteiger partial charge on any atom is -0.480 e. The van der Waals surface area contributed by atoms with Crippen molar-refractivity contribution in [2.24, 2.45) is 5.73 Å². The second-order valence-corrected chi connectivity index (χ2v) is 11.2. The number of halogens is 2. The van der Waals surface area contributed by atoms with E-state index in [1.807, 2.05) is 0 Å². The zero-order valence-corrected chi connectivity index (χ0v) is 28.1. The SMILES string of the molecule is C=C(CBr)C(=O)OC(C)CCCCC(=O)NCC(=O)NC(CCCNC(N)=O)C(=O)Nc1ccc(C(=O)N(C)[C@@H](C)C(=O)O)c(F)c1. The molecule has 0 bridgehead atoms. The number of carbonyl (C=O) groups excluding carboxylic acids is 6. The Morgan fingerprint density at radius 1 is 1.04 bits per heavy atom. The van der Waals surface area contributed by atoms with Crippen molar-refractivity contribution in [1.82, 2.24) is 20.9 Å². The summed E-state index contributed by atoms with van der Waals surface area (Å²) in [5.41, 5.74) is 4.90. The Hall–Kier alpha value is -4.54. The molecule has 0 aromatic heterocycles. The maximum absolute atomic E-state index is 14.8. The standard InChI is InChI=1S/C30H42BrFN6O9/c1-17(15-31)29(45)47-18(2)8-5-6-10-24(39)35-16-25(40)37-23(9-7-13-34-30(33)46)26(41)36-20-11-12-21(22(32)14-20)27(42)38(4)19(3)28(43)44/h11-12,14,18-19,23H,1,5-10,13,15-16H2,2-4H3,(H,35,39)(H,36,41)(H,37,40)(H,43,44)(H3,33,34,46)/t18?,19-,23?/m0/s1. The van der Waals surface area contributed by atoms with Gasteiger partial charge in [0.05, 0.1) is 18.2 Å². The summed E-state index contributed by atoms with van der Waals surface area (Å²) in [7, 11) is 1.21. The topological polar surface area (TPSA) is 226 Å². The number of alkyl halides is 1. The monoisotopic (exact) mass is 728 g/mol. The molecule has 6 amide bonds. The first-order valence-corrected chi connectivity index (χ1v) is 15.8. The number of carboxylic acids is 1. The molecule has 1 aromatic rings. The van der Waals surface area contributed by atoms with Crippen molar-refractivity contribution >= 4 is 63.2 Å². The number of likely N-dealkylation sites (N-methyl/N-ethyl adjacent to an activating group) is 1. The van der Waals surface area contributed by atoms with Crippen LogP contribution in [0, 0.1) is 5.82 Å². The third-order valence-electron chi connectivity index (χ3n) is 6.82. The van der Waals surface area contributed by atoms with Crippen LogP contribution in [0.5, 0.6) is 0 Å². The number of hydrogen-bond acceptors (Lipinski definition) is 8. The van der Waals surface area contributed by atoms with Crippen LogP contribution in [0.1, 0.15) is 62.7 Å². The summed E-state index contributed by atoms with van der Waals surface area (Å²) in [5.74, 6) is -5.49. The average Bonchev–Trinajstić information content (AvgIpc) is 3.01. The summed E-state index contributed by atoms with van der Waals surface area (Å²) in [5, 5.41) is 19.2. The van der Waals surface area contributed by atoms with Gasteiger partial charge < -0.3 is 41.7 Å². The number of rotatable bonds is 20. The van der Waals surface area contributed by atoms with Crippen LogP contribution in [0.25, 0.3) is 0 Å². The third-order valence-corrected chi connectivity index (χ3v) is 7.49. The molecule has 260 valence electrons. The number of anilines is 1. The summed E-state index contributed by atoms with van der Waals surface area (Å²) in [6.07, 6.45) is 1.60. The molecule has 17 heteroatoms. The first kappa shape index (κ1) is 40.5. The lowest BCUT2D eigenvalue weighted by atomic mass is 10.1. The number of nitrogens with two attached hydrogens (primary N) is 1. The first-order chi connectivity index (χ1) is 22.1. The molecule has 0 saturated heterocycles. The summed E-state index contributed by atoms with van der Waals surface area (Å²) in [6.45, 7) is 6.25. The number of carboxylic acid groups (broad SMARTS) is 1. The molecule has 0 heterocycles. The number of esters is 1. The molecule has 0 fully saturated rings. The fourth-order valence-electron chi connectivity index (χ4n) is 3.92. The number of primary amides is 1. The van der Waals surface area contributed by atoms with Crippen molar-refractivity contribution in [1.29, 1.82) is 0 Å². The molecule has 0 saturated carbocycles. The highest BCUT2D eigenvalue weighted by molar-refractivity contribution is 9.09. The van der Waals surface area contributed by atoms with Gasteiger partial charge in [0.25, 0.3) is 5.91 Å². The minimum atomic E-state index is -1.27. The van der Waals surface area contributed by atoms with E-state index in [2.05, 4.69) is 43.8 Å². The summed E-state index contributed by atoms with van der Waals surface area (Å²) >= 11 is 3.13. The molecule has 47 heavy (non-hydrogen) atoms. The van der Waals surface area contributed by atoms with Crippen LogP contribution in [0.2, 0.25) is 0 Å². The molecule has 0 aliphatic rings.